The van der Waals surface area contributed by atoms with Crippen LogP contribution in [0.4, 0.5) is 0 Å². The van der Waals surface area contributed by atoms with E-state index >= 15 is 0 Å². The number of carbonyl (C=O) groups is 2. The molecule has 0 rings (SSSR count). The van der Waals surface area contributed by atoms with Crippen LogP contribution in [0.25, 0.3) is 0 Å². The standard InChI is InChI=1S/2C5H10O2S2.2CH3.Sn/c2*1-3(9)4(2-8)5(6)7;;;/h2*3-4,8-9H,2H2,1H3,(H,6,7);2*1H3;/q;;;;+2/p-2. The molecule has 4 nitrogen and oxygen atoms in total. The van der Waals surface area contributed by atoms with Crippen LogP contribution in [0.1, 0.15) is 13.8 Å². The molecule has 4 atom stereocenters. The molecule has 0 aromatic heterocycles. The monoisotopic (exact) mass is 480 g/mol. The molecule has 0 amide bonds. The van der Waals surface area contributed by atoms with Crippen molar-refractivity contribution in [1.82, 2.24) is 0 Å². The van der Waals surface area contributed by atoms with Gasteiger partial charge in [-0.3, -0.25) is 0 Å². The Kier molecular flexibility index (Phi) is 22.5. The molecular formula is C12H24O4S4Sn. The van der Waals surface area contributed by atoms with Crippen LogP contribution >= 0.6 is 50.5 Å². The van der Waals surface area contributed by atoms with E-state index in [0.29, 0.717) is 0 Å². The third-order valence-corrected chi connectivity index (χ3v) is 3.67. The van der Waals surface area contributed by atoms with Crippen LogP contribution < -0.4 is 10.2 Å². The minimum absolute atomic E-state index is 0.188. The van der Waals surface area contributed by atoms with Crippen molar-refractivity contribution < 1.29 is 19.8 Å². The summed E-state index contributed by atoms with van der Waals surface area (Å²) in [6, 6.07) is 0. The third-order valence-electron chi connectivity index (χ3n) is 2.16. The van der Waals surface area contributed by atoms with E-state index in [0.717, 1.165) is 0 Å². The minimum atomic E-state index is -1.08. The third kappa shape index (κ3) is 17.3. The van der Waals surface area contributed by atoms with Crippen LogP contribution in [0.15, 0.2) is 0 Å². The molecule has 21 heavy (non-hydrogen) atoms. The van der Waals surface area contributed by atoms with Gasteiger partial charge in [0.25, 0.3) is 0 Å². The summed E-state index contributed by atoms with van der Waals surface area (Å²) in [5.41, 5.74) is 0. The summed E-state index contributed by atoms with van der Waals surface area (Å²) in [7, 11) is 0. The summed E-state index contributed by atoms with van der Waals surface area (Å²) in [4.78, 5) is 24.9. The van der Waals surface area contributed by atoms with E-state index in [1.54, 1.807) is 13.8 Å². The van der Waals surface area contributed by atoms with E-state index in [9.17, 15) is 19.8 Å². The van der Waals surface area contributed by atoms with E-state index < -0.39 is 23.8 Å². The van der Waals surface area contributed by atoms with Crippen LogP contribution in [0, 0.1) is 11.8 Å². The van der Waals surface area contributed by atoms with Crippen LogP contribution in [0.5, 0.6) is 0 Å². The van der Waals surface area contributed by atoms with Gasteiger partial charge in [-0.05, 0) is 11.5 Å². The summed E-state index contributed by atoms with van der Waals surface area (Å²) < 4.78 is 0. The number of aliphatic carboxylic acids is 2. The van der Waals surface area contributed by atoms with Gasteiger partial charge >= 0.3 is 31.0 Å². The number of thiol groups is 4. The summed E-state index contributed by atoms with van der Waals surface area (Å²) in [6.45, 7) is 3.42. The molecule has 0 bridgehead atoms. The normalized spacial score (nSPS) is 14.9. The molecule has 0 aliphatic carbocycles. The quantitative estimate of drug-likeness (QED) is 0.319. The first-order valence-corrected chi connectivity index (χ1v) is 14.2. The van der Waals surface area contributed by atoms with Crippen molar-refractivity contribution in [3.8, 4) is 0 Å². The van der Waals surface area contributed by atoms with Gasteiger partial charge in [-0.1, -0.05) is 13.8 Å². The first-order valence-electron chi connectivity index (χ1n) is 6.18. The van der Waals surface area contributed by atoms with Gasteiger partial charge in [0.2, 0.25) is 0 Å². The van der Waals surface area contributed by atoms with E-state index in [2.05, 4.69) is 60.4 Å². The Morgan fingerprint density at radius 2 is 1.10 bits per heavy atom. The molecule has 0 spiro atoms. The van der Waals surface area contributed by atoms with Crippen molar-refractivity contribution in [3.63, 3.8) is 0 Å². The van der Waals surface area contributed by atoms with E-state index in [4.69, 9.17) is 0 Å². The molecule has 0 radical (unpaired) electrons. The first kappa shape index (κ1) is 27.0. The van der Waals surface area contributed by atoms with Crippen LogP contribution in [-0.2, 0) is 9.59 Å². The Balaban J connectivity index is -0.000000260. The number of carboxylic acid groups (broad SMARTS) is 2. The van der Waals surface area contributed by atoms with Gasteiger partial charge in [0, 0.05) is 34.3 Å². The Morgan fingerprint density at radius 1 is 0.905 bits per heavy atom. The van der Waals surface area contributed by atoms with Crippen molar-refractivity contribution in [2.75, 3.05) is 11.5 Å². The Labute approximate surface area is 160 Å². The SMILES string of the molecule is CC(S)C(CS)C(=O)[O-].CC(S)C(CS)C(=O)[O-].[CH3][Sn+2][CH3]. The number of carbonyl (C=O) groups excluding carboxylic acids is 2. The fourth-order valence-corrected chi connectivity index (χ4v) is 2.57. The van der Waals surface area contributed by atoms with Gasteiger partial charge in [-0.2, -0.15) is 50.5 Å². The molecular weight excluding hydrogens is 455 g/mol. The van der Waals surface area contributed by atoms with Crippen molar-refractivity contribution in [2.24, 2.45) is 11.8 Å². The molecule has 124 valence electrons. The summed E-state index contributed by atoms with van der Waals surface area (Å²) in [5, 5.41) is 20.0. The summed E-state index contributed by atoms with van der Waals surface area (Å²) in [5.74, 6) is -2.67. The molecule has 0 aromatic rings. The number of hydrogen-bond donors (Lipinski definition) is 4. The van der Waals surface area contributed by atoms with Crippen molar-refractivity contribution in [3.05, 3.63) is 0 Å². The maximum atomic E-state index is 10.2. The maximum absolute atomic E-state index is 10.2. The molecule has 0 aromatic carbocycles. The molecule has 0 saturated heterocycles. The molecule has 4 unspecified atom stereocenters. The van der Waals surface area contributed by atoms with E-state index in [1.165, 1.54) is 0 Å². The van der Waals surface area contributed by atoms with Gasteiger partial charge < -0.3 is 19.8 Å². The zero-order valence-electron chi connectivity index (χ0n) is 12.6. The molecule has 0 N–H and O–H groups in total. The number of carboxylic acids is 2. The first-order chi connectivity index (χ1) is 9.60. The molecule has 0 heterocycles. The van der Waals surface area contributed by atoms with Crippen LogP contribution in [0.3, 0.4) is 0 Å². The van der Waals surface area contributed by atoms with Crippen molar-refractivity contribution >= 4 is 83.6 Å². The topological polar surface area (TPSA) is 80.3 Å². The molecule has 0 aliphatic heterocycles. The summed E-state index contributed by atoms with van der Waals surface area (Å²) in [6.07, 6.45) is 0. The molecule has 0 aliphatic rings. The predicted molar refractivity (Wildman–Crippen MR) is 99.1 cm³/mol. The Bertz CT molecular complexity index is 252. The van der Waals surface area contributed by atoms with Crippen molar-refractivity contribution in [1.29, 1.82) is 0 Å². The van der Waals surface area contributed by atoms with Gasteiger partial charge in [0.05, 0.1) is 0 Å². The van der Waals surface area contributed by atoms with E-state index in [-0.39, 0.29) is 43.1 Å². The second kappa shape index (κ2) is 17.5. The van der Waals surface area contributed by atoms with Crippen molar-refractivity contribution in [2.45, 2.75) is 34.2 Å². The van der Waals surface area contributed by atoms with Crippen LogP contribution in [0.2, 0.25) is 9.88 Å². The Morgan fingerprint density at radius 3 is 1.10 bits per heavy atom. The van der Waals surface area contributed by atoms with Gasteiger partial charge in [-0.25, -0.2) is 0 Å². The predicted octanol–water partition coefficient (Wildman–Crippen LogP) is -0.0120. The molecule has 9 heteroatoms. The zero-order valence-corrected chi connectivity index (χ0v) is 19.1. The fourth-order valence-electron chi connectivity index (χ4n) is 0.848. The molecule has 0 saturated carbocycles. The van der Waals surface area contributed by atoms with Gasteiger partial charge in [0.1, 0.15) is 0 Å². The number of hydrogen-bond acceptors (Lipinski definition) is 8. The average molecular weight is 479 g/mol. The molecule has 0 fully saturated rings. The second-order valence-electron chi connectivity index (χ2n) is 4.20. The average Bonchev–Trinajstić information content (AvgIpc) is 2.30. The van der Waals surface area contributed by atoms with E-state index in [1.807, 2.05) is 0 Å². The van der Waals surface area contributed by atoms with Gasteiger partial charge in [0.15, 0.2) is 0 Å². The second-order valence-corrected chi connectivity index (χ2v) is 9.41. The van der Waals surface area contributed by atoms with Gasteiger partial charge in [-0.15, -0.1) is 0 Å². The number of rotatable bonds is 6. The summed E-state index contributed by atoms with van der Waals surface area (Å²) >= 11 is 15.8. The van der Waals surface area contributed by atoms with Crippen LogP contribution in [-0.4, -0.2) is 55.1 Å². The zero-order chi connectivity index (χ0) is 17.6. The fraction of sp³-hybridized carbons (Fsp3) is 0.833. The Hall–Kier alpha value is 1.14.